The van der Waals surface area contributed by atoms with E-state index in [-0.39, 0.29) is 0 Å². The highest BCUT2D eigenvalue weighted by atomic mass is 16.5. The molecule has 5 heteroatoms. The maximum absolute atomic E-state index is 5.41. The van der Waals surface area contributed by atoms with Crippen molar-refractivity contribution in [2.45, 2.75) is 26.1 Å². The van der Waals surface area contributed by atoms with Crippen LogP contribution in [0.25, 0.3) is 0 Å². The first kappa shape index (κ1) is 15.9. The minimum absolute atomic E-state index is 0.542. The Morgan fingerprint density at radius 2 is 2.09 bits per heavy atom. The molecular weight excluding hydrogens is 276 g/mol. The van der Waals surface area contributed by atoms with E-state index in [0.29, 0.717) is 12.0 Å². The molecule has 2 fully saturated rings. The number of rotatable bonds is 6. The quantitative estimate of drug-likeness (QED) is 0.723. The Labute approximate surface area is 133 Å². The van der Waals surface area contributed by atoms with Crippen molar-refractivity contribution in [2.24, 2.45) is 5.92 Å². The zero-order valence-electron chi connectivity index (χ0n) is 13.5. The second-order valence-corrected chi connectivity index (χ2v) is 6.41. The van der Waals surface area contributed by atoms with Gasteiger partial charge in [-0.3, -0.25) is 15.8 Å². The van der Waals surface area contributed by atoms with E-state index < -0.39 is 0 Å². The van der Waals surface area contributed by atoms with E-state index in [0.717, 1.165) is 52.5 Å². The topological polar surface area (TPSA) is 48.6 Å². The lowest BCUT2D eigenvalue weighted by molar-refractivity contribution is 0.0342. The third-order valence-corrected chi connectivity index (χ3v) is 4.64. The molecule has 2 unspecified atom stereocenters. The van der Waals surface area contributed by atoms with Crippen molar-refractivity contribution in [1.29, 1.82) is 0 Å². The highest BCUT2D eigenvalue weighted by Crippen LogP contribution is 2.11. The van der Waals surface area contributed by atoms with E-state index in [1.165, 1.54) is 11.1 Å². The Kier molecular flexibility index (Phi) is 5.81. The van der Waals surface area contributed by atoms with Crippen LogP contribution in [0.5, 0.6) is 0 Å². The normalized spacial score (nSPS) is 26.4. The summed E-state index contributed by atoms with van der Waals surface area (Å²) in [5.41, 5.74) is 9.26. The number of nitrogens with zero attached hydrogens (tertiary/aromatic N) is 1. The second-order valence-electron chi connectivity index (χ2n) is 6.41. The van der Waals surface area contributed by atoms with Gasteiger partial charge in [-0.05, 0) is 18.1 Å². The van der Waals surface area contributed by atoms with E-state index >= 15 is 0 Å². The number of hydrogen-bond acceptors (Lipinski definition) is 5. The lowest BCUT2D eigenvalue weighted by Gasteiger charge is -2.26. The van der Waals surface area contributed by atoms with Gasteiger partial charge in [0.05, 0.1) is 13.2 Å². The molecule has 0 amide bonds. The third kappa shape index (κ3) is 4.51. The van der Waals surface area contributed by atoms with Gasteiger partial charge in [0.1, 0.15) is 0 Å². The Hall–Kier alpha value is -0.980. The molecule has 22 heavy (non-hydrogen) atoms. The third-order valence-electron chi connectivity index (χ3n) is 4.64. The average molecular weight is 304 g/mol. The first-order valence-corrected chi connectivity index (χ1v) is 8.38. The van der Waals surface area contributed by atoms with Gasteiger partial charge in [0.15, 0.2) is 0 Å². The first-order valence-electron chi connectivity index (χ1n) is 8.38. The van der Waals surface area contributed by atoms with Gasteiger partial charge in [-0.25, -0.2) is 0 Å². The molecule has 2 saturated heterocycles. The molecule has 0 aromatic heterocycles. The molecule has 3 N–H and O–H groups in total. The van der Waals surface area contributed by atoms with Gasteiger partial charge >= 0.3 is 0 Å². The van der Waals surface area contributed by atoms with Crippen LogP contribution in [0, 0.1) is 5.92 Å². The van der Waals surface area contributed by atoms with Crippen LogP contribution in [0.2, 0.25) is 0 Å². The summed E-state index contributed by atoms with van der Waals surface area (Å²) in [5.74, 6) is 0.663. The van der Waals surface area contributed by atoms with Gasteiger partial charge in [0.25, 0.3) is 0 Å². The van der Waals surface area contributed by atoms with E-state index in [1.54, 1.807) is 0 Å². The zero-order valence-corrected chi connectivity index (χ0v) is 13.5. The van der Waals surface area contributed by atoms with Crippen LogP contribution < -0.4 is 16.2 Å². The number of morpholine rings is 1. The Morgan fingerprint density at radius 1 is 1.27 bits per heavy atom. The fraction of sp³-hybridized carbons (Fsp3) is 0.647. The van der Waals surface area contributed by atoms with E-state index in [1.807, 2.05) is 0 Å². The molecule has 1 aromatic carbocycles. The molecule has 2 heterocycles. The van der Waals surface area contributed by atoms with Crippen molar-refractivity contribution >= 4 is 0 Å². The lowest BCUT2D eigenvalue weighted by atomic mass is 10.0. The number of hydrogen-bond donors (Lipinski definition) is 3. The number of benzene rings is 1. The second kappa shape index (κ2) is 8.04. The summed E-state index contributed by atoms with van der Waals surface area (Å²) >= 11 is 0. The molecule has 1 aromatic rings. The van der Waals surface area contributed by atoms with Gasteiger partial charge in [0, 0.05) is 51.2 Å². The summed E-state index contributed by atoms with van der Waals surface area (Å²) in [5, 5.41) is 3.59. The molecule has 2 aliphatic rings. The summed E-state index contributed by atoms with van der Waals surface area (Å²) in [4.78, 5) is 2.47. The number of nitrogens with one attached hydrogen (secondary N) is 3. The minimum atomic E-state index is 0.542. The SMILES string of the molecule is CC1NNCC1CNCc1cccc(CN2CCOCC2)c1. The molecule has 122 valence electrons. The first-order chi connectivity index (χ1) is 10.8. The van der Waals surface area contributed by atoms with Crippen molar-refractivity contribution in [3.8, 4) is 0 Å². The molecule has 0 aliphatic carbocycles. The molecule has 5 nitrogen and oxygen atoms in total. The van der Waals surface area contributed by atoms with Crippen LogP contribution in [0.4, 0.5) is 0 Å². The summed E-state index contributed by atoms with van der Waals surface area (Å²) in [6.07, 6.45) is 0. The van der Waals surface area contributed by atoms with Crippen molar-refractivity contribution in [3.63, 3.8) is 0 Å². The van der Waals surface area contributed by atoms with Gasteiger partial charge in [-0.1, -0.05) is 24.3 Å². The fourth-order valence-corrected chi connectivity index (χ4v) is 3.15. The zero-order chi connectivity index (χ0) is 15.2. The molecule has 0 radical (unpaired) electrons. The van der Waals surface area contributed by atoms with Gasteiger partial charge in [-0.2, -0.15) is 0 Å². The van der Waals surface area contributed by atoms with E-state index in [9.17, 15) is 0 Å². The molecule has 2 aliphatic heterocycles. The van der Waals surface area contributed by atoms with Crippen LogP contribution >= 0.6 is 0 Å². The maximum Gasteiger partial charge on any atom is 0.0594 e. The predicted octanol–water partition coefficient (Wildman–Crippen LogP) is 0.721. The van der Waals surface area contributed by atoms with Crippen LogP contribution in [-0.4, -0.2) is 50.3 Å². The molecule has 0 spiro atoms. The number of hydrazine groups is 1. The van der Waals surface area contributed by atoms with Crippen LogP contribution in [0.1, 0.15) is 18.1 Å². The van der Waals surface area contributed by atoms with Crippen LogP contribution in [0.3, 0.4) is 0 Å². The molecule has 3 rings (SSSR count). The highest BCUT2D eigenvalue weighted by molar-refractivity contribution is 5.23. The summed E-state index contributed by atoms with van der Waals surface area (Å²) in [6, 6.07) is 9.49. The summed E-state index contributed by atoms with van der Waals surface area (Å²) < 4.78 is 5.41. The number of ether oxygens (including phenoxy) is 1. The minimum Gasteiger partial charge on any atom is -0.379 e. The van der Waals surface area contributed by atoms with Crippen molar-refractivity contribution in [2.75, 3.05) is 39.4 Å². The Bertz CT molecular complexity index is 462. The monoisotopic (exact) mass is 304 g/mol. The Morgan fingerprint density at radius 3 is 2.86 bits per heavy atom. The molecular formula is C17H28N4O. The Balaban J connectivity index is 1.46. The summed E-state index contributed by atoms with van der Waals surface area (Å²) in [6.45, 7) is 10.1. The fourth-order valence-electron chi connectivity index (χ4n) is 3.15. The largest absolute Gasteiger partial charge is 0.379 e. The predicted molar refractivity (Wildman–Crippen MR) is 88.3 cm³/mol. The highest BCUT2D eigenvalue weighted by Gasteiger charge is 2.21. The van der Waals surface area contributed by atoms with Crippen LogP contribution in [-0.2, 0) is 17.8 Å². The average Bonchev–Trinajstić information content (AvgIpc) is 2.94. The van der Waals surface area contributed by atoms with E-state index in [2.05, 4.69) is 52.3 Å². The van der Waals surface area contributed by atoms with Gasteiger partial charge in [-0.15, -0.1) is 0 Å². The van der Waals surface area contributed by atoms with Gasteiger partial charge < -0.3 is 10.1 Å². The van der Waals surface area contributed by atoms with E-state index in [4.69, 9.17) is 4.74 Å². The standard InChI is InChI=1S/C17H28N4O/c1-14-17(12-19-20-14)11-18-10-15-3-2-4-16(9-15)13-21-5-7-22-8-6-21/h2-4,9,14,17-20H,5-8,10-13H2,1H3. The van der Waals surface area contributed by atoms with Crippen LogP contribution in [0.15, 0.2) is 24.3 Å². The smallest absolute Gasteiger partial charge is 0.0594 e. The van der Waals surface area contributed by atoms with Crippen molar-refractivity contribution < 1.29 is 4.74 Å². The van der Waals surface area contributed by atoms with Crippen molar-refractivity contribution in [1.82, 2.24) is 21.1 Å². The lowest BCUT2D eigenvalue weighted by Crippen LogP contribution is -2.35. The summed E-state index contributed by atoms with van der Waals surface area (Å²) in [7, 11) is 0. The molecule has 2 atom stereocenters. The van der Waals surface area contributed by atoms with Gasteiger partial charge in [0.2, 0.25) is 0 Å². The molecule has 0 saturated carbocycles. The maximum atomic E-state index is 5.41. The van der Waals surface area contributed by atoms with Crippen molar-refractivity contribution in [3.05, 3.63) is 35.4 Å². The molecule has 0 bridgehead atoms.